The number of rotatable bonds is 10. The van der Waals surface area contributed by atoms with Gasteiger partial charge in [0.25, 0.3) is 0 Å². The van der Waals surface area contributed by atoms with Crippen LogP contribution in [-0.2, 0) is 19.4 Å². The lowest BCUT2D eigenvalue weighted by Gasteiger charge is -2.39. The molecule has 1 saturated carbocycles. The summed E-state index contributed by atoms with van der Waals surface area (Å²) in [5.41, 5.74) is 0. The highest BCUT2D eigenvalue weighted by molar-refractivity contribution is 5.72. The number of aliphatic carboxylic acids is 2. The molecule has 24 heavy (non-hydrogen) atoms. The van der Waals surface area contributed by atoms with E-state index in [9.17, 15) is 9.59 Å². The van der Waals surface area contributed by atoms with Crippen molar-refractivity contribution in [2.45, 2.75) is 37.8 Å². The molecule has 10 nitrogen and oxygen atoms in total. The van der Waals surface area contributed by atoms with E-state index in [-0.39, 0.29) is 36.9 Å². The highest BCUT2D eigenvalue weighted by atomic mass is 17.1. The predicted molar refractivity (Wildman–Crippen MR) is 80.4 cm³/mol. The third-order valence-electron chi connectivity index (χ3n) is 3.97. The maximum absolute atomic E-state index is 10.9. The number of nitrogens with zero attached hydrogens (tertiary/aromatic N) is 2. The molecule has 0 aliphatic heterocycles. The van der Waals surface area contributed by atoms with E-state index in [4.69, 9.17) is 20.7 Å². The van der Waals surface area contributed by atoms with Gasteiger partial charge in [-0.05, 0) is 38.8 Å². The summed E-state index contributed by atoms with van der Waals surface area (Å²) in [6.45, 7) is 6.26. The van der Waals surface area contributed by atoms with Crippen LogP contribution in [0.1, 0.15) is 25.7 Å². The number of carboxylic acid groups (broad SMARTS) is 2. The second kappa shape index (κ2) is 9.11. The Morgan fingerprint density at radius 1 is 0.875 bits per heavy atom. The first-order valence-corrected chi connectivity index (χ1v) is 7.27. The maximum atomic E-state index is 10.9. The van der Waals surface area contributed by atoms with Crippen molar-refractivity contribution in [2.75, 3.05) is 13.1 Å². The van der Waals surface area contributed by atoms with Crippen molar-refractivity contribution < 1.29 is 40.1 Å². The lowest BCUT2D eigenvalue weighted by molar-refractivity contribution is -0.256. The third kappa shape index (κ3) is 5.41. The average Bonchev–Trinajstić information content (AvgIpc) is 2.53. The van der Waals surface area contributed by atoms with Gasteiger partial charge in [-0.15, -0.1) is 0 Å². The molecule has 0 bridgehead atoms. The smallest absolute Gasteiger partial charge is 0.317 e. The number of hydrogen-bond acceptors (Lipinski definition) is 8. The van der Waals surface area contributed by atoms with Crippen molar-refractivity contribution in [1.29, 1.82) is 0 Å². The van der Waals surface area contributed by atoms with Gasteiger partial charge in [0, 0.05) is 12.1 Å². The first-order valence-electron chi connectivity index (χ1n) is 7.27. The van der Waals surface area contributed by atoms with Gasteiger partial charge in [0.15, 0.2) is 0 Å². The van der Waals surface area contributed by atoms with Crippen molar-refractivity contribution in [3.63, 3.8) is 0 Å². The number of carboxylic acids is 2. The van der Waals surface area contributed by atoms with E-state index in [1.54, 1.807) is 0 Å². The predicted octanol–water partition coefficient (Wildman–Crippen LogP) is 0.992. The molecule has 0 saturated heterocycles. The standard InChI is InChI=1S/C14H22N2O8/c1-9(23-21)16(10(2)24-22)12-5-3-11(4-6-12)15(7-13(17)18)8-14(19)20/h11-12,21-22H,1-8H2,(H,17,18)(H,19,20). The van der Waals surface area contributed by atoms with E-state index in [0.29, 0.717) is 25.7 Å². The molecule has 0 aromatic rings. The van der Waals surface area contributed by atoms with Crippen molar-refractivity contribution in [3.05, 3.63) is 24.9 Å². The summed E-state index contributed by atoms with van der Waals surface area (Å²) in [4.78, 5) is 32.7. The highest BCUT2D eigenvalue weighted by Gasteiger charge is 2.33. The summed E-state index contributed by atoms with van der Waals surface area (Å²) in [5, 5.41) is 35.4. The van der Waals surface area contributed by atoms with Crippen molar-refractivity contribution in [1.82, 2.24) is 9.80 Å². The first kappa shape index (κ1) is 19.7. The maximum Gasteiger partial charge on any atom is 0.317 e. The molecule has 0 aromatic carbocycles. The van der Waals surface area contributed by atoms with Crippen LogP contribution in [-0.4, -0.2) is 67.6 Å². The van der Waals surface area contributed by atoms with Crippen molar-refractivity contribution >= 4 is 11.9 Å². The minimum absolute atomic E-state index is 0.176. The SMILES string of the molecule is C=C(OO)N(C(=C)OO)C1CCC(N(CC(=O)O)CC(=O)O)CC1. The second-order valence-corrected chi connectivity index (χ2v) is 5.49. The zero-order valence-electron chi connectivity index (χ0n) is 13.1. The number of hydrogen-bond donors (Lipinski definition) is 4. The molecule has 4 N–H and O–H groups in total. The largest absolute Gasteiger partial charge is 0.480 e. The van der Waals surface area contributed by atoms with Gasteiger partial charge in [0.05, 0.1) is 13.1 Å². The summed E-state index contributed by atoms with van der Waals surface area (Å²) >= 11 is 0. The lowest BCUT2D eigenvalue weighted by Crippen LogP contribution is -2.47. The molecule has 0 atom stereocenters. The van der Waals surface area contributed by atoms with Gasteiger partial charge in [-0.3, -0.25) is 19.4 Å². The van der Waals surface area contributed by atoms with Gasteiger partial charge in [0.1, 0.15) is 0 Å². The Hall–Kier alpha value is -2.30. The Kier molecular flexibility index (Phi) is 7.49. The zero-order chi connectivity index (χ0) is 18.3. The van der Waals surface area contributed by atoms with Crippen LogP contribution in [0.25, 0.3) is 0 Å². The molecular formula is C14H22N2O8. The van der Waals surface area contributed by atoms with Gasteiger partial charge < -0.3 is 20.0 Å². The summed E-state index contributed by atoms with van der Waals surface area (Å²) in [5.74, 6) is -2.54. The van der Waals surface area contributed by atoms with Crippen molar-refractivity contribution in [3.8, 4) is 0 Å². The van der Waals surface area contributed by atoms with Gasteiger partial charge in [-0.25, -0.2) is 10.5 Å². The highest BCUT2D eigenvalue weighted by Crippen LogP contribution is 2.30. The van der Waals surface area contributed by atoms with E-state index in [1.165, 1.54) is 9.80 Å². The summed E-state index contributed by atoms with van der Waals surface area (Å²) in [6.07, 6.45) is 2.04. The Morgan fingerprint density at radius 3 is 1.58 bits per heavy atom. The molecule has 0 unspecified atom stereocenters. The molecule has 0 radical (unpaired) electrons. The molecule has 10 heteroatoms. The van der Waals surface area contributed by atoms with Crippen LogP contribution in [0.15, 0.2) is 24.9 Å². The summed E-state index contributed by atoms with van der Waals surface area (Å²) in [7, 11) is 0. The Bertz CT molecular complexity index is 455. The quantitative estimate of drug-likeness (QED) is 0.257. The van der Waals surface area contributed by atoms with E-state index in [2.05, 4.69) is 22.9 Å². The molecule has 0 spiro atoms. The first-order chi connectivity index (χ1) is 11.3. The van der Waals surface area contributed by atoms with E-state index < -0.39 is 11.9 Å². The summed E-state index contributed by atoms with van der Waals surface area (Å²) in [6, 6.07) is -0.459. The van der Waals surface area contributed by atoms with Crippen LogP contribution in [0.5, 0.6) is 0 Å². The topological polar surface area (TPSA) is 140 Å². The minimum Gasteiger partial charge on any atom is -0.480 e. The molecule has 1 rings (SSSR count). The van der Waals surface area contributed by atoms with Crippen LogP contribution in [0.4, 0.5) is 0 Å². The van der Waals surface area contributed by atoms with Crippen LogP contribution in [0, 0.1) is 0 Å². The van der Waals surface area contributed by atoms with Gasteiger partial charge in [-0.1, -0.05) is 0 Å². The molecule has 1 fully saturated rings. The van der Waals surface area contributed by atoms with Crippen LogP contribution < -0.4 is 0 Å². The van der Waals surface area contributed by atoms with Crippen LogP contribution >= 0.6 is 0 Å². The van der Waals surface area contributed by atoms with E-state index >= 15 is 0 Å². The van der Waals surface area contributed by atoms with E-state index in [1.807, 2.05) is 0 Å². The second-order valence-electron chi connectivity index (χ2n) is 5.49. The zero-order valence-corrected chi connectivity index (χ0v) is 13.1. The molecule has 0 heterocycles. The Morgan fingerprint density at radius 2 is 1.25 bits per heavy atom. The fourth-order valence-corrected chi connectivity index (χ4v) is 2.98. The van der Waals surface area contributed by atoms with Crippen LogP contribution in [0.2, 0.25) is 0 Å². The Balaban J connectivity index is 2.74. The van der Waals surface area contributed by atoms with Crippen molar-refractivity contribution in [2.24, 2.45) is 0 Å². The molecule has 136 valence electrons. The van der Waals surface area contributed by atoms with Crippen LogP contribution in [0.3, 0.4) is 0 Å². The van der Waals surface area contributed by atoms with E-state index in [0.717, 1.165) is 0 Å². The fraction of sp³-hybridized carbons (Fsp3) is 0.571. The van der Waals surface area contributed by atoms with Gasteiger partial charge >= 0.3 is 11.9 Å². The molecule has 1 aliphatic rings. The minimum atomic E-state index is -1.09. The monoisotopic (exact) mass is 346 g/mol. The van der Waals surface area contributed by atoms with Gasteiger partial charge in [0.2, 0.25) is 11.8 Å². The molecular weight excluding hydrogens is 324 g/mol. The normalized spacial score (nSPS) is 20.3. The van der Waals surface area contributed by atoms with Gasteiger partial charge in [-0.2, -0.15) is 0 Å². The lowest BCUT2D eigenvalue weighted by atomic mass is 9.89. The molecule has 0 amide bonds. The molecule has 0 aromatic heterocycles. The fourth-order valence-electron chi connectivity index (χ4n) is 2.98. The summed E-state index contributed by atoms with van der Waals surface area (Å²) < 4.78 is 0. The Labute approximate surface area is 138 Å². The third-order valence-corrected chi connectivity index (χ3v) is 3.97. The molecule has 1 aliphatic carbocycles. The average molecular weight is 346 g/mol. The number of carbonyl (C=O) groups is 2.